The van der Waals surface area contributed by atoms with E-state index < -0.39 is 0 Å². The topological polar surface area (TPSA) is 47.6 Å². The van der Waals surface area contributed by atoms with Gasteiger partial charge in [-0.1, -0.05) is 12.1 Å². The van der Waals surface area contributed by atoms with Gasteiger partial charge in [0.25, 0.3) is 0 Å². The zero-order chi connectivity index (χ0) is 17.7. The van der Waals surface area contributed by atoms with Crippen molar-refractivity contribution < 1.29 is 14.3 Å². The Balaban J connectivity index is 2.04. The molecule has 2 rings (SSSR count). The predicted molar refractivity (Wildman–Crippen MR) is 100 cm³/mol. The van der Waals surface area contributed by atoms with Crippen molar-refractivity contribution in [2.24, 2.45) is 0 Å². The minimum atomic E-state index is -0.364. The maximum absolute atomic E-state index is 12.0. The molecule has 2 aromatic rings. The molecular formula is C19H22BrNO3. The molecule has 128 valence electrons. The molecule has 0 atom stereocenters. The van der Waals surface area contributed by atoms with Gasteiger partial charge in [-0.2, -0.15) is 0 Å². The molecule has 1 N–H and O–H groups in total. The highest BCUT2D eigenvalue weighted by molar-refractivity contribution is 9.10. The number of carbonyl (C=O) groups is 1. The first-order chi connectivity index (χ1) is 11.4. The van der Waals surface area contributed by atoms with Gasteiger partial charge in [0.1, 0.15) is 12.4 Å². The maximum atomic E-state index is 12.0. The molecule has 0 fully saturated rings. The third-order valence-electron chi connectivity index (χ3n) is 3.86. The minimum absolute atomic E-state index is 0.364. The van der Waals surface area contributed by atoms with Gasteiger partial charge in [0.2, 0.25) is 0 Å². The molecule has 24 heavy (non-hydrogen) atoms. The number of rotatable bonds is 6. The fourth-order valence-electron chi connectivity index (χ4n) is 2.41. The van der Waals surface area contributed by atoms with Crippen molar-refractivity contribution in [3.63, 3.8) is 0 Å². The van der Waals surface area contributed by atoms with Crippen LogP contribution in [-0.2, 0) is 4.74 Å². The average molecular weight is 392 g/mol. The van der Waals surface area contributed by atoms with Crippen LogP contribution in [0.25, 0.3) is 0 Å². The van der Waals surface area contributed by atoms with Crippen LogP contribution in [0.2, 0.25) is 0 Å². The predicted octanol–water partition coefficient (Wildman–Crippen LogP) is 4.65. The molecular weight excluding hydrogens is 370 g/mol. The van der Waals surface area contributed by atoms with E-state index in [1.807, 2.05) is 38.1 Å². The number of esters is 1. The molecule has 0 aliphatic heterocycles. The molecule has 0 bridgehead atoms. The number of carbonyl (C=O) groups excluding carboxylic acids is 1. The second kappa shape index (κ2) is 8.20. The molecule has 0 unspecified atom stereocenters. The molecule has 0 heterocycles. The molecule has 0 amide bonds. The van der Waals surface area contributed by atoms with Gasteiger partial charge in [-0.15, -0.1) is 0 Å². The van der Waals surface area contributed by atoms with Crippen LogP contribution >= 0.6 is 15.9 Å². The molecule has 0 saturated heterocycles. The molecule has 0 saturated carbocycles. The standard InChI is InChI=1S/C19H22BrNO3/c1-12-10-15(19(22)23-4)18(16(20)11-12)21-8-9-24-17-7-5-6-13(2)14(17)3/h5-7,10-11,21H,8-9H2,1-4H3. The highest BCUT2D eigenvalue weighted by Crippen LogP contribution is 2.29. The van der Waals surface area contributed by atoms with Gasteiger partial charge < -0.3 is 14.8 Å². The second-order valence-corrected chi connectivity index (χ2v) is 6.49. The van der Waals surface area contributed by atoms with E-state index in [1.54, 1.807) is 0 Å². The Hall–Kier alpha value is -2.01. The number of nitrogens with one attached hydrogen (secondary N) is 1. The zero-order valence-corrected chi connectivity index (χ0v) is 16.0. The van der Waals surface area contributed by atoms with E-state index in [2.05, 4.69) is 34.2 Å². The van der Waals surface area contributed by atoms with Crippen LogP contribution in [-0.4, -0.2) is 26.2 Å². The van der Waals surface area contributed by atoms with Gasteiger partial charge in [0.15, 0.2) is 0 Å². The molecule has 4 nitrogen and oxygen atoms in total. The monoisotopic (exact) mass is 391 g/mol. The van der Waals surface area contributed by atoms with E-state index >= 15 is 0 Å². The Bertz CT molecular complexity index is 744. The van der Waals surface area contributed by atoms with E-state index in [0.29, 0.717) is 18.7 Å². The van der Waals surface area contributed by atoms with Crippen LogP contribution in [0.3, 0.4) is 0 Å². The van der Waals surface area contributed by atoms with Crippen molar-refractivity contribution in [1.82, 2.24) is 0 Å². The fraction of sp³-hybridized carbons (Fsp3) is 0.316. The Morgan fingerprint density at radius 2 is 1.96 bits per heavy atom. The molecule has 0 radical (unpaired) electrons. The van der Waals surface area contributed by atoms with Crippen LogP contribution in [0.4, 0.5) is 5.69 Å². The lowest BCUT2D eigenvalue weighted by Crippen LogP contribution is -2.15. The molecule has 0 spiro atoms. The van der Waals surface area contributed by atoms with Crippen LogP contribution < -0.4 is 10.1 Å². The van der Waals surface area contributed by atoms with Gasteiger partial charge in [-0.3, -0.25) is 0 Å². The zero-order valence-electron chi connectivity index (χ0n) is 14.4. The van der Waals surface area contributed by atoms with Crippen molar-refractivity contribution in [2.45, 2.75) is 20.8 Å². The quantitative estimate of drug-likeness (QED) is 0.574. The molecule has 0 aromatic heterocycles. The molecule has 5 heteroatoms. The smallest absolute Gasteiger partial charge is 0.340 e. The lowest BCUT2D eigenvalue weighted by atomic mass is 10.1. The van der Waals surface area contributed by atoms with Crippen molar-refractivity contribution in [3.05, 3.63) is 57.1 Å². The van der Waals surface area contributed by atoms with E-state index in [-0.39, 0.29) is 5.97 Å². The second-order valence-electron chi connectivity index (χ2n) is 5.63. The Kier molecular flexibility index (Phi) is 6.26. The summed E-state index contributed by atoms with van der Waals surface area (Å²) in [6.07, 6.45) is 0. The van der Waals surface area contributed by atoms with Crippen molar-refractivity contribution in [3.8, 4) is 5.75 Å². The Morgan fingerprint density at radius 3 is 2.67 bits per heavy atom. The average Bonchev–Trinajstić information content (AvgIpc) is 2.55. The summed E-state index contributed by atoms with van der Waals surface area (Å²) in [4.78, 5) is 12.0. The third kappa shape index (κ3) is 4.29. The summed E-state index contributed by atoms with van der Waals surface area (Å²) in [6, 6.07) is 9.78. The van der Waals surface area contributed by atoms with E-state index in [1.165, 1.54) is 12.7 Å². The van der Waals surface area contributed by atoms with Gasteiger partial charge in [0.05, 0.1) is 18.4 Å². The molecule has 0 aliphatic carbocycles. The number of halogens is 1. The largest absolute Gasteiger partial charge is 0.491 e. The number of methoxy groups -OCH3 is 1. The van der Waals surface area contributed by atoms with Crippen molar-refractivity contribution >= 4 is 27.6 Å². The summed E-state index contributed by atoms with van der Waals surface area (Å²) in [5, 5.41) is 3.26. The highest BCUT2D eigenvalue weighted by Gasteiger charge is 2.15. The Labute approximate surface area is 151 Å². The fourth-order valence-corrected chi connectivity index (χ4v) is 3.13. The van der Waals surface area contributed by atoms with Crippen LogP contribution in [0.1, 0.15) is 27.0 Å². The number of benzene rings is 2. The normalized spacial score (nSPS) is 10.4. The summed E-state index contributed by atoms with van der Waals surface area (Å²) >= 11 is 3.50. The van der Waals surface area contributed by atoms with Gasteiger partial charge >= 0.3 is 5.97 Å². The number of hydrogen-bond acceptors (Lipinski definition) is 4. The lowest BCUT2D eigenvalue weighted by molar-refractivity contribution is 0.0601. The maximum Gasteiger partial charge on any atom is 0.340 e. The van der Waals surface area contributed by atoms with Gasteiger partial charge in [0, 0.05) is 11.0 Å². The summed E-state index contributed by atoms with van der Waals surface area (Å²) in [5.74, 6) is 0.519. The number of hydrogen-bond donors (Lipinski definition) is 1. The minimum Gasteiger partial charge on any atom is -0.491 e. The lowest BCUT2D eigenvalue weighted by Gasteiger charge is -2.15. The summed E-state index contributed by atoms with van der Waals surface area (Å²) in [7, 11) is 1.38. The Morgan fingerprint density at radius 1 is 1.21 bits per heavy atom. The van der Waals surface area contributed by atoms with Crippen molar-refractivity contribution in [1.29, 1.82) is 0 Å². The SMILES string of the molecule is COC(=O)c1cc(C)cc(Br)c1NCCOc1cccc(C)c1C. The van der Waals surface area contributed by atoms with E-state index in [0.717, 1.165) is 27.0 Å². The van der Waals surface area contributed by atoms with Crippen LogP contribution in [0.5, 0.6) is 5.75 Å². The van der Waals surface area contributed by atoms with E-state index in [4.69, 9.17) is 9.47 Å². The first-order valence-corrected chi connectivity index (χ1v) is 8.54. The number of ether oxygens (including phenoxy) is 2. The summed E-state index contributed by atoms with van der Waals surface area (Å²) in [6.45, 7) is 7.10. The van der Waals surface area contributed by atoms with Crippen molar-refractivity contribution in [2.75, 3.05) is 25.6 Å². The van der Waals surface area contributed by atoms with Crippen LogP contribution in [0, 0.1) is 20.8 Å². The summed E-state index contributed by atoms with van der Waals surface area (Å²) in [5.41, 5.74) is 4.56. The molecule has 0 aliphatic rings. The first kappa shape index (κ1) is 18.3. The van der Waals surface area contributed by atoms with E-state index in [9.17, 15) is 4.79 Å². The molecule has 2 aromatic carbocycles. The van der Waals surface area contributed by atoms with Gasteiger partial charge in [-0.25, -0.2) is 4.79 Å². The summed E-state index contributed by atoms with van der Waals surface area (Å²) < 4.78 is 11.5. The van der Waals surface area contributed by atoms with Crippen LogP contribution in [0.15, 0.2) is 34.8 Å². The first-order valence-electron chi connectivity index (χ1n) is 7.75. The van der Waals surface area contributed by atoms with Gasteiger partial charge in [-0.05, 0) is 71.6 Å². The highest BCUT2D eigenvalue weighted by atomic mass is 79.9. The third-order valence-corrected chi connectivity index (χ3v) is 4.48. The number of aryl methyl sites for hydroxylation is 2. The number of anilines is 1.